The molecule has 1 N–H and O–H groups in total. The number of amides is 1. The molecular formula is C12H15NO2. The number of ether oxygens (including phenoxy) is 1. The molecule has 0 aromatic heterocycles. The van der Waals surface area contributed by atoms with Gasteiger partial charge in [0.1, 0.15) is 6.61 Å². The zero-order valence-electron chi connectivity index (χ0n) is 8.77. The van der Waals surface area contributed by atoms with Gasteiger partial charge in [0.15, 0.2) is 0 Å². The zero-order valence-corrected chi connectivity index (χ0v) is 8.77. The third-order valence-electron chi connectivity index (χ3n) is 2.64. The van der Waals surface area contributed by atoms with Gasteiger partial charge < -0.3 is 10.1 Å². The molecule has 3 heteroatoms. The third-order valence-corrected chi connectivity index (χ3v) is 2.64. The minimum absolute atomic E-state index is 0.0269. The summed E-state index contributed by atoms with van der Waals surface area (Å²) < 4.78 is 4.76. The van der Waals surface area contributed by atoms with Crippen molar-refractivity contribution < 1.29 is 9.53 Å². The Morgan fingerprint density at radius 3 is 2.87 bits per heavy atom. The molecule has 1 aliphatic carbocycles. The number of hydrogen-bond donors (Lipinski definition) is 1. The number of nitrogens with one attached hydrogen (secondary N) is 1. The normalized spacial score (nSPS) is 23.5. The number of hydrogen-bond acceptors (Lipinski definition) is 2. The maximum Gasteiger partial charge on any atom is 0.246 e. The second-order valence-corrected chi connectivity index (χ2v) is 3.86. The van der Waals surface area contributed by atoms with Gasteiger partial charge in [0.25, 0.3) is 0 Å². The molecule has 1 aliphatic rings. The van der Waals surface area contributed by atoms with Crippen LogP contribution < -0.4 is 5.32 Å². The Balaban J connectivity index is 1.84. The van der Waals surface area contributed by atoms with E-state index in [1.54, 1.807) is 0 Å². The lowest BCUT2D eigenvalue weighted by molar-refractivity contribution is -0.124. The van der Waals surface area contributed by atoms with Crippen LogP contribution in [-0.2, 0) is 9.53 Å². The summed E-state index contributed by atoms with van der Waals surface area (Å²) in [6.45, 7) is 0.151. The van der Waals surface area contributed by atoms with Gasteiger partial charge in [0, 0.05) is 19.1 Å². The highest BCUT2D eigenvalue weighted by Crippen LogP contribution is 2.40. The Bertz CT molecular complexity index is 337. The standard InChI is InChI=1S/C12H15NO2/c1-15-8-12(14)13-11-7-10(11)9-5-3-2-4-6-9/h2-6,10-11H,7-8H2,1H3,(H,13,14)/t10-,11-/m0/s1. The molecule has 0 spiro atoms. The Labute approximate surface area is 89.4 Å². The second kappa shape index (κ2) is 4.45. The molecule has 1 aromatic carbocycles. The van der Waals surface area contributed by atoms with Crippen LogP contribution in [0.25, 0.3) is 0 Å². The van der Waals surface area contributed by atoms with Crippen LogP contribution >= 0.6 is 0 Å². The molecule has 1 fully saturated rings. The van der Waals surface area contributed by atoms with Gasteiger partial charge >= 0.3 is 0 Å². The zero-order chi connectivity index (χ0) is 10.7. The number of carbonyl (C=O) groups excluding carboxylic acids is 1. The first kappa shape index (κ1) is 10.2. The van der Waals surface area contributed by atoms with E-state index in [0.717, 1.165) is 6.42 Å². The second-order valence-electron chi connectivity index (χ2n) is 3.86. The first-order chi connectivity index (χ1) is 7.31. The van der Waals surface area contributed by atoms with E-state index >= 15 is 0 Å². The van der Waals surface area contributed by atoms with Crippen molar-refractivity contribution in [1.82, 2.24) is 5.32 Å². The molecule has 1 saturated carbocycles. The highest BCUT2D eigenvalue weighted by molar-refractivity contribution is 5.78. The minimum atomic E-state index is -0.0269. The van der Waals surface area contributed by atoms with Crippen molar-refractivity contribution >= 4 is 5.91 Å². The van der Waals surface area contributed by atoms with Gasteiger partial charge in [-0.25, -0.2) is 0 Å². The maximum atomic E-state index is 11.2. The molecule has 2 atom stereocenters. The average Bonchev–Trinajstić information content (AvgIpc) is 2.99. The molecule has 0 unspecified atom stereocenters. The van der Waals surface area contributed by atoms with E-state index in [0.29, 0.717) is 12.0 Å². The Morgan fingerprint density at radius 1 is 1.47 bits per heavy atom. The molecule has 2 rings (SSSR count). The van der Waals surface area contributed by atoms with E-state index in [4.69, 9.17) is 4.74 Å². The molecule has 0 bridgehead atoms. The lowest BCUT2D eigenvalue weighted by Gasteiger charge is -2.03. The Morgan fingerprint density at radius 2 is 2.20 bits per heavy atom. The summed E-state index contributed by atoms with van der Waals surface area (Å²) in [5.74, 6) is 0.466. The maximum absolute atomic E-state index is 11.2. The van der Waals surface area contributed by atoms with Crippen LogP contribution in [0.1, 0.15) is 17.9 Å². The lowest BCUT2D eigenvalue weighted by atomic mass is 10.1. The predicted octanol–water partition coefficient (Wildman–Crippen LogP) is 1.31. The summed E-state index contributed by atoms with van der Waals surface area (Å²) in [6.07, 6.45) is 1.04. The third kappa shape index (κ3) is 2.57. The van der Waals surface area contributed by atoms with Crippen LogP contribution in [0.15, 0.2) is 30.3 Å². The smallest absolute Gasteiger partial charge is 0.246 e. The van der Waals surface area contributed by atoms with E-state index in [1.165, 1.54) is 12.7 Å². The average molecular weight is 205 g/mol. The summed E-state index contributed by atoms with van der Waals surface area (Å²) in [5, 5.41) is 2.94. The van der Waals surface area contributed by atoms with Crippen molar-refractivity contribution in [3.8, 4) is 0 Å². The van der Waals surface area contributed by atoms with E-state index in [2.05, 4.69) is 17.4 Å². The summed E-state index contributed by atoms with van der Waals surface area (Å²) in [4.78, 5) is 11.2. The summed E-state index contributed by atoms with van der Waals surface area (Å²) in [7, 11) is 1.53. The highest BCUT2D eigenvalue weighted by Gasteiger charge is 2.39. The van der Waals surface area contributed by atoms with Crippen LogP contribution in [0.5, 0.6) is 0 Å². The molecular weight excluding hydrogens is 190 g/mol. The number of carbonyl (C=O) groups is 1. The van der Waals surface area contributed by atoms with E-state index in [-0.39, 0.29) is 12.5 Å². The van der Waals surface area contributed by atoms with Crippen molar-refractivity contribution in [2.75, 3.05) is 13.7 Å². The molecule has 0 saturated heterocycles. The molecule has 1 aromatic rings. The molecule has 0 radical (unpaired) electrons. The fourth-order valence-corrected chi connectivity index (χ4v) is 1.80. The van der Waals surface area contributed by atoms with Crippen molar-refractivity contribution in [1.29, 1.82) is 0 Å². The van der Waals surface area contributed by atoms with Crippen LogP contribution in [0, 0.1) is 0 Å². The first-order valence-electron chi connectivity index (χ1n) is 5.14. The van der Waals surface area contributed by atoms with Gasteiger partial charge in [0.05, 0.1) is 0 Å². The molecule has 0 aliphatic heterocycles. The summed E-state index contributed by atoms with van der Waals surface area (Å²) in [6, 6.07) is 10.6. The summed E-state index contributed by atoms with van der Waals surface area (Å²) in [5.41, 5.74) is 1.31. The van der Waals surface area contributed by atoms with Crippen LogP contribution in [-0.4, -0.2) is 25.7 Å². The fraction of sp³-hybridized carbons (Fsp3) is 0.417. The van der Waals surface area contributed by atoms with Gasteiger partial charge in [-0.05, 0) is 12.0 Å². The predicted molar refractivity (Wildman–Crippen MR) is 57.6 cm³/mol. The van der Waals surface area contributed by atoms with Crippen LogP contribution in [0.4, 0.5) is 0 Å². The Kier molecular flexibility index (Phi) is 3.02. The van der Waals surface area contributed by atoms with Gasteiger partial charge in [-0.15, -0.1) is 0 Å². The van der Waals surface area contributed by atoms with Crippen molar-refractivity contribution in [2.45, 2.75) is 18.4 Å². The fourth-order valence-electron chi connectivity index (χ4n) is 1.80. The largest absolute Gasteiger partial charge is 0.375 e. The van der Waals surface area contributed by atoms with Crippen LogP contribution in [0.2, 0.25) is 0 Å². The molecule has 80 valence electrons. The van der Waals surface area contributed by atoms with Crippen molar-refractivity contribution in [3.63, 3.8) is 0 Å². The summed E-state index contributed by atoms with van der Waals surface area (Å²) >= 11 is 0. The molecule has 15 heavy (non-hydrogen) atoms. The molecule has 1 amide bonds. The van der Waals surface area contributed by atoms with Crippen LogP contribution in [0.3, 0.4) is 0 Å². The minimum Gasteiger partial charge on any atom is -0.375 e. The van der Waals surface area contributed by atoms with E-state index < -0.39 is 0 Å². The lowest BCUT2D eigenvalue weighted by Crippen LogP contribution is -2.29. The number of rotatable bonds is 4. The van der Waals surface area contributed by atoms with E-state index in [9.17, 15) is 4.79 Å². The number of benzene rings is 1. The first-order valence-corrected chi connectivity index (χ1v) is 5.14. The highest BCUT2D eigenvalue weighted by atomic mass is 16.5. The molecule has 0 heterocycles. The van der Waals surface area contributed by atoms with Crippen molar-refractivity contribution in [2.24, 2.45) is 0 Å². The number of methoxy groups -OCH3 is 1. The van der Waals surface area contributed by atoms with Gasteiger partial charge in [0.2, 0.25) is 5.91 Å². The SMILES string of the molecule is COCC(=O)N[C@H]1C[C@H]1c1ccccc1. The monoisotopic (exact) mass is 205 g/mol. The van der Waals surface area contributed by atoms with E-state index in [1.807, 2.05) is 18.2 Å². The quantitative estimate of drug-likeness (QED) is 0.804. The van der Waals surface area contributed by atoms with Gasteiger partial charge in [-0.1, -0.05) is 30.3 Å². The topological polar surface area (TPSA) is 38.3 Å². The van der Waals surface area contributed by atoms with Gasteiger partial charge in [-0.3, -0.25) is 4.79 Å². The molecule has 3 nitrogen and oxygen atoms in total. The van der Waals surface area contributed by atoms with Crippen molar-refractivity contribution in [3.05, 3.63) is 35.9 Å². The Hall–Kier alpha value is -1.35. The van der Waals surface area contributed by atoms with Gasteiger partial charge in [-0.2, -0.15) is 0 Å².